The van der Waals surface area contributed by atoms with Crippen LogP contribution in [0, 0.1) is 0 Å². The Morgan fingerprint density at radius 3 is 2.08 bits per heavy atom. The molecule has 0 aliphatic rings. The van der Waals surface area contributed by atoms with E-state index in [4.69, 9.17) is 0 Å². The number of sulfone groups is 1. The Labute approximate surface area is 145 Å². The van der Waals surface area contributed by atoms with Gasteiger partial charge in [0, 0.05) is 11.3 Å². The van der Waals surface area contributed by atoms with Gasteiger partial charge >= 0.3 is 5.97 Å². The summed E-state index contributed by atoms with van der Waals surface area (Å²) >= 11 is 0. The molecule has 0 fully saturated rings. The SMILES string of the molecule is C=C(C)C(=O)Nc1ccc(S(=O)(=O)C(C(=O)O)c2ccccc2)cc1. The number of carbonyl (C=O) groups is 2. The molecule has 2 aromatic carbocycles. The van der Waals surface area contributed by atoms with E-state index in [0.717, 1.165) is 0 Å². The highest BCUT2D eigenvalue weighted by Crippen LogP contribution is 2.29. The molecule has 25 heavy (non-hydrogen) atoms. The predicted molar refractivity (Wildman–Crippen MR) is 93.9 cm³/mol. The van der Waals surface area contributed by atoms with Gasteiger partial charge in [-0.1, -0.05) is 36.9 Å². The van der Waals surface area contributed by atoms with Crippen LogP contribution < -0.4 is 5.32 Å². The van der Waals surface area contributed by atoms with Crippen molar-refractivity contribution in [3.8, 4) is 0 Å². The van der Waals surface area contributed by atoms with Gasteiger partial charge in [0.2, 0.25) is 0 Å². The topological polar surface area (TPSA) is 101 Å². The molecule has 0 bridgehead atoms. The number of hydrogen-bond acceptors (Lipinski definition) is 4. The van der Waals surface area contributed by atoms with Crippen molar-refractivity contribution in [2.45, 2.75) is 17.1 Å². The Kier molecular flexibility index (Phi) is 5.38. The second kappa shape index (κ2) is 7.31. The number of carboxylic acids is 1. The van der Waals surface area contributed by atoms with Crippen molar-refractivity contribution >= 4 is 27.4 Å². The van der Waals surface area contributed by atoms with E-state index in [1.165, 1.54) is 36.4 Å². The summed E-state index contributed by atoms with van der Waals surface area (Å²) < 4.78 is 25.5. The van der Waals surface area contributed by atoms with Crippen LogP contribution in [0.25, 0.3) is 0 Å². The summed E-state index contributed by atoms with van der Waals surface area (Å²) in [5.41, 5.74) is 0.875. The van der Waals surface area contributed by atoms with Gasteiger partial charge in [-0.3, -0.25) is 9.59 Å². The first-order chi connectivity index (χ1) is 11.7. The quantitative estimate of drug-likeness (QED) is 0.773. The molecule has 2 aromatic rings. The van der Waals surface area contributed by atoms with Crippen molar-refractivity contribution in [2.75, 3.05) is 5.32 Å². The summed E-state index contributed by atoms with van der Waals surface area (Å²) in [7, 11) is -4.14. The van der Waals surface area contributed by atoms with Gasteiger partial charge in [0.25, 0.3) is 5.91 Å². The Morgan fingerprint density at radius 2 is 1.60 bits per heavy atom. The van der Waals surface area contributed by atoms with E-state index in [9.17, 15) is 23.1 Å². The van der Waals surface area contributed by atoms with Gasteiger partial charge in [-0.25, -0.2) is 8.42 Å². The molecule has 1 atom stereocenters. The number of benzene rings is 2. The lowest BCUT2D eigenvalue weighted by Gasteiger charge is -2.14. The Hall–Kier alpha value is -2.93. The number of nitrogens with one attached hydrogen (secondary N) is 1. The largest absolute Gasteiger partial charge is 0.480 e. The Balaban J connectivity index is 2.36. The van der Waals surface area contributed by atoms with Gasteiger partial charge in [-0.15, -0.1) is 0 Å². The van der Waals surface area contributed by atoms with Crippen molar-refractivity contribution in [3.05, 3.63) is 72.3 Å². The fraction of sp³-hybridized carbons (Fsp3) is 0.111. The lowest BCUT2D eigenvalue weighted by atomic mass is 10.1. The van der Waals surface area contributed by atoms with E-state index >= 15 is 0 Å². The summed E-state index contributed by atoms with van der Waals surface area (Å²) in [4.78, 5) is 23.0. The van der Waals surface area contributed by atoms with Crippen LogP contribution in [0.5, 0.6) is 0 Å². The number of carbonyl (C=O) groups excluding carboxylic acids is 1. The lowest BCUT2D eigenvalue weighted by Crippen LogP contribution is -2.22. The molecule has 0 aliphatic carbocycles. The van der Waals surface area contributed by atoms with Gasteiger partial charge < -0.3 is 10.4 Å². The van der Waals surface area contributed by atoms with E-state index in [1.54, 1.807) is 25.1 Å². The highest BCUT2D eigenvalue weighted by molar-refractivity contribution is 7.92. The average Bonchev–Trinajstić information content (AvgIpc) is 2.55. The average molecular weight is 359 g/mol. The van der Waals surface area contributed by atoms with Gasteiger partial charge in [0.1, 0.15) is 0 Å². The summed E-state index contributed by atoms with van der Waals surface area (Å²) in [6.07, 6.45) is 0. The second-order valence-corrected chi connectivity index (χ2v) is 7.47. The van der Waals surface area contributed by atoms with Crippen molar-refractivity contribution in [1.82, 2.24) is 0 Å². The number of hydrogen-bond donors (Lipinski definition) is 2. The van der Waals surface area contributed by atoms with Crippen LogP contribution in [0.4, 0.5) is 5.69 Å². The predicted octanol–water partition coefficient (Wildman–Crippen LogP) is 2.80. The van der Waals surface area contributed by atoms with E-state index in [0.29, 0.717) is 11.3 Å². The standard InChI is InChI=1S/C18H17NO5S/c1-12(2)17(20)19-14-8-10-15(11-9-14)25(23,24)16(18(21)22)13-6-4-3-5-7-13/h3-11,16H,1H2,2H3,(H,19,20)(H,21,22). The highest BCUT2D eigenvalue weighted by Gasteiger charge is 2.35. The van der Waals surface area contributed by atoms with Crippen molar-refractivity contribution in [1.29, 1.82) is 0 Å². The molecule has 0 saturated heterocycles. The minimum absolute atomic E-state index is 0.142. The first-order valence-corrected chi connectivity index (χ1v) is 8.86. The van der Waals surface area contributed by atoms with Crippen LogP contribution in [0.3, 0.4) is 0 Å². The maximum atomic E-state index is 12.7. The maximum Gasteiger partial charge on any atom is 0.326 e. The second-order valence-electron chi connectivity index (χ2n) is 5.43. The van der Waals surface area contributed by atoms with Gasteiger partial charge in [-0.2, -0.15) is 0 Å². The summed E-state index contributed by atoms with van der Waals surface area (Å²) in [6, 6.07) is 13.1. The number of amides is 1. The monoisotopic (exact) mass is 359 g/mol. The van der Waals surface area contributed by atoms with E-state index in [1.807, 2.05) is 0 Å². The maximum absolute atomic E-state index is 12.7. The molecule has 0 radical (unpaired) electrons. The molecule has 1 amide bonds. The molecular formula is C18H17NO5S. The fourth-order valence-corrected chi connectivity index (χ4v) is 3.75. The Bertz CT molecular complexity index is 902. The van der Waals surface area contributed by atoms with Crippen LogP contribution in [-0.4, -0.2) is 25.4 Å². The van der Waals surface area contributed by atoms with E-state index in [2.05, 4.69) is 11.9 Å². The number of rotatable bonds is 6. The number of carboxylic acid groups (broad SMARTS) is 1. The van der Waals surface area contributed by atoms with Crippen LogP contribution in [0.1, 0.15) is 17.7 Å². The first kappa shape index (κ1) is 18.4. The minimum atomic E-state index is -4.14. The molecule has 0 spiro atoms. The minimum Gasteiger partial charge on any atom is -0.480 e. The molecule has 1 unspecified atom stereocenters. The summed E-state index contributed by atoms with van der Waals surface area (Å²) in [5.74, 6) is -1.84. The van der Waals surface area contributed by atoms with E-state index < -0.39 is 21.1 Å². The molecule has 2 N–H and O–H groups in total. The van der Waals surface area contributed by atoms with Crippen molar-refractivity contribution in [2.24, 2.45) is 0 Å². The molecule has 7 heteroatoms. The normalized spacial score (nSPS) is 12.2. The molecule has 130 valence electrons. The zero-order chi connectivity index (χ0) is 18.6. The third-order valence-corrected chi connectivity index (χ3v) is 5.49. The van der Waals surface area contributed by atoms with Crippen molar-refractivity contribution < 1.29 is 23.1 Å². The zero-order valence-corrected chi connectivity index (χ0v) is 14.3. The smallest absolute Gasteiger partial charge is 0.326 e. The lowest BCUT2D eigenvalue weighted by molar-refractivity contribution is -0.136. The van der Waals surface area contributed by atoms with Gasteiger partial charge in [0.15, 0.2) is 15.1 Å². The molecule has 0 aliphatic heterocycles. The molecule has 6 nitrogen and oxygen atoms in total. The van der Waals surface area contributed by atoms with Crippen LogP contribution >= 0.6 is 0 Å². The molecule has 0 saturated carbocycles. The zero-order valence-electron chi connectivity index (χ0n) is 13.5. The summed E-state index contributed by atoms with van der Waals surface area (Å²) in [5, 5.41) is 10.3. The fourth-order valence-electron chi connectivity index (χ4n) is 2.18. The number of aliphatic carboxylic acids is 1. The van der Waals surface area contributed by atoms with Crippen LogP contribution in [0.15, 0.2) is 71.6 Å². The third kappa shape index (κ3) is 4.13. The van der Waals surface area contributed by atoms with Gasteiger partial charge in [-0.05, 0) is 36.8 Å². The Morgan fingerprint density at radius 1 is 1.04 bits per heavy atom. The third-order valence-electron chi connectivity index (χ3n) is 3.47. The molecule has 0 heterocycles. The molecule has 2 rings (SSSR count). The van der Waals surface area contributed by atoms with Gasteiger partial charge in [0.05, 0.1) is 4.90 Å². The molecular weight excluding hydrogens is 342 g/mol. The summed E-state index contributed by atoms with van der Waals surface area (Å²) in [6.45, 7) is 5.06. The highest BCUT2D eigenvalue weighted by atomic mass is 32.2. The van der Waals surface area contributed by atoms with E-state index in [-0.39, 0.29) is 16.4 Å². The first-order valence-electron chi connectivity index (χ1n) is 7.32. The van der Waals surface area contributed by atoms with Crippen molar-refractivity contribution in [3.63, 3.8) is 0 Å². The number of anilines is 1. The van der Waals surface area contributed by atoms with Crippen LogP contribution in [-0.2, 0) is 19.4 Å². The van der Waals surface area contributed by atoms with Crippen LogP contribution in [0.2, 0.25) is 0 Å². The molecule has 0 aromatic heterocycles.